The highest BCUT2D eigenvalue weighted by Crippen LogP contribution is 2.26. The minimum atomic E-state index is -0.571. The highest BCUT2D eigenvalue weighted by atomic mass is 16.6. The van der Waals surface area contributed by atoms with E-state index >= 15 is 0 Å². The number of esters is 1. The maximum Gasteiger partial charge on any atom is 0.340 e. The lowest BCUT2D eigenvalue weighted by molar-refractivity contribution is 0.00706. The predicted octanol–water partition coefficient (Wildman–Crippen LogP) is 6.38. The van der Waals surface area contributed by atoms with Crippen molar-refractivity contribution < 1.29 is 13.9 Å². The van der Waals surface area contributed by atoms with Gasteiger partial charge in [0.05, 0.1) is 10.9 Å². The van der Waals surface area contributed by atoms with Crippen LogP contribution < -0.4 is 10.7 Å². The van der Waals surface area contributed by atoms with Crippen LogP contribution in [0, 0.1) is 6.92 Å². The van der Waals surface area contributed by atoms with Crippen molar-refractivity contribution in [3.05, 3.63) is 99.7 Å². The molecule has 0 amide bonds. The van der Waals surface area contributed by atoms with Crippen LogP contribution in [0.15, 0.2) is 82.0 Å². The molecule has 1 N–H and O–H groups in total. The second-order valence-electron chi connectivity index (χ2n) is 9.37. The SMILES string of the molecule is Cc1cc(CCNc2ccccc2C(=O)OC(C)(C)C)c2oc(-c3ccccc3)cc(=O)c2c1. The fraction of sp³-hybridized carbons (Fsp3) is 0.241. The minimum absolute atomic E-state index is 0.0618. The molecule has 34 heavy (non-hydrogen) atoms. The molecule has 0 unspecified atom stereocenters. The molecule has 0 fully saturated rings. The number of rotatable bonds is 6. The van der Waals surface area contributed by atoms with Gasteiger partial charge in [-0.2, -0.15) is 0 Å². The molecule has 0 saturated carbocycles. The summed E-state index contributed by atoms with van der Waals surface area (Å²) in [5.74, 6) is 0.182. The molecule has 4 rings (SSSR count). The number of carbonyl (C=O) groups is 1. The third kappa shape index (κ3) is 5.37. The van der Waals surface area contributed by atoms with E-state index in [9.17, 15) is 9.59 Å². The van der Waals surface area contributed by atoms with E-state index < -0.39 is 5.60 Å². The molecular weight excluding hydrogens is 426 g/mol. The van der Waals surface area contributed by atoms with Crippen molar-refractivity contribution in [2.24, 2.45) is 0 Å². The van der Waals surface area contributed by atoms with Crippen molar-refractivity contribution in [1.29, 1.82) is 0 Å². The molecule has 0 radical (unpaired) electrons. The lowest BCUT2D eigenvalue weighted by Gasteiger charge is -2.20. The van der Waals surface area contributed by atoms with Crippen molar-refractivity contribution >= 4 is 22.6 Å². The molecule has 0 atom stereocenters. The number of hydrogen-bond donors (Lipinski definition) is 1. The van der Waals surface area contributed by atoms with Gasteiger partial charge in [0, 0.05) is 23.9 Å². The number of aryl methyl sites for hydroxylation is 1. The second kappa shape index (κ2) is 9.56. The van der Waals surface area contributed by atoms with Gasteiger partial charge in [0.1, 0.15) is 16.9 Å². The number of hydrogen-bond acceptors (Lipinski definition) is 5. The largest absolute Gasteiger partial charge is 0.456 e. The predicted molar refractivity (Wildman–Crippen MR) is 136 cm³/mol. The van der Waals surface area contributed by atoms with Gasteiger partial charge < -0.3 is 14.5 Å². The number of ether oxygens (including phenoxy) is 1. The summed E-state index contributed by atoms with van der Waals surface area (Å²) in [5.41, 5.74) is 3.96. The van der Waals surface area contributed by atoms with Gasteiger partial charge >= 0.3 is 5.97 Å². The maximum atomic E-state index is 12.9. The van der Waals surface area contributed by atoms with E-state index in [0.717, 1.165) is 16.7 Å². The van der Waals surface area contributed by atoms with Gasteiger partial charge in [-0.1, -0.05) is 48.5 Å². The molecule has 0 aliphatic heterocycles. The van der Waals surface area contributed by atoms with E-state index in [4.69, 9.17) is 9.15 Å². The van der Waals surface area contributed by atoms with E-state index in [2.05, 4.69) is 5.32 Å². The maximum absolute atomic E-state index is 12.9. The zero-order chi connectivity index (χ0) is 24.3. The summed E-state index contributed by atoms with van der Waals surface area (Å²) >= 11 is 0. The van der Waals surface area contributed by atoms with Crippen LogP contribution in [0.1, 0.15) is 42.3 Å². The Labute approximate surface area is 199 Å². The first kappa shape index (κ1) is 23.3. The molecule has 4 aromatic rings. The van der Waals surface area contributed by atoms with Crippen molar-refractivity contribution in [3.63, 3.8) is 0 Å². The first-order chi connectivity index (χ1) is 16.2. The topological polar surface area (TPSA) is 68.5 Å². The third-order valence-electron chi connectivity index (χ3n) is 5.36. The van der Waals surface area contributed by atoms with E-state index in [1.807, 2.05) is 88.4 Å². The van der Waals surface area contributed by atoms with Gasteiger partial charge in [0.15, 0.2) is 5.43 Å². The Morgan fingerprint density at radius 1 is 0.971 bits per heavy atom. The lowest BCUT2D eigenvalue weighted by atomic mass is 10.0. The monoisotopic (exact) mass is 455 g/mol. The summed E-state index contributed by atoms with van der Waals surface area (Å²) in [6.07, 6.45) is 0.613. The van der Waals surface area contributed by atoms with Crippen LogP contribution in [0.25, 0.3) is 22.3 Å². The van der Waals surface area contributed by atoms with Crippen LogP contribution in [0.5, 0.6) is 0 Å². The number of fused-ring (bicyclic) bond motifs is 1. The number of carbonyl (C=O) groups excluding carboxylic acids is 1. The van der Waals surface area contributed by atoms with Crippen LogP contribution in [0.4, 0.5) is 5.69 Å². The summed E-state index contributed by atoms with van der Waals surface area (Å²) < 4.78 is 11.8. The van der Waals surface area contributed by atoms with Gasteiger partial charge in [-0.05, 0) is 63.4 Å². The van der Waals surface area contributed by atoms with Crippen molar-refractivity contribution in [2.45, 2.75) is 39.7 Å². The highest BCUT2D eigenvalue weighted by Gasteiger charge is 2.20. The smallest absolute Gasteiger partial charge is 0.340 e. The first-order valence-corrected chi connectivity index (χ1v) is 11.4. The van der Waals surface area contributed by atoms with Crippen LogP contribution in [-0.4, -0.2) is 18.1 Å². The Bertz CT molecular complexity index is 1380. The van der Waals surface area contributed by atoms with E-state index in [0.29, 0.717) is 40.9 Å². The quantitative estimate of drug-likeness (QED) is 0.342. The number of nitrogens with one attached hydrogen (secondary N) is 1. The number of benzene rings is 3. The zero-order valence-electron chi connectivity index (χ0n) is 20.0. The standard InChI is InChI=1S/C29H29NO4/c1-19-16-21(14-15-30-24-13-9-8-12-22(24)28(32)34-29(2,3)4)27-23(17-19)25(31)18-26(33-27)20-10-6-5-7-11-20/h5-13,16-18,30H,14-15H2,1-4H3. The van der Waals surface area contributed by atoms with Crippen LogP contribution in [0.2, 0.25) is 0 Å². The summed E-state index contributed by atoms with van der Waals surface area (Å²) in [4.78, 5) is 25.5. The Morgan fingerprint density at radius 3 is 2.41 bits per heavy atom. The van der Waals surface area contributed by atoms with Gasteiger partial charge in [-0.15, -0.1) is 0 Å². The van der Waals surface area contributed by atoms with Crippen LogP contribution in [0.3, 0.4) is 0 Å². The summed E-state index contributed by atoms with van der Waals surface area (Å²) in [5, 5.41) is 3.93. The fourth-order valence-corrected chi connectivity index (χ4v) is 3.90. The zero-order valence-corrected chi connectivity index (χ0v) is 20.0. The first-order valence-electron chi connectivity index (χ1n) is 11.4. The lowest BCUT2D eigenvalue weighted by Crippen LogP contribution is -2.24. The molecule has 0 saturated heterocycles. The third-order valence-corrected chi connectivity index (χ3v) is 5.36. The number of anilines is 1. The van der Waals surface area contributed by atoms with Gasteiger partial charge in [-0.25, -0.2) is 4.79 Å². The van der Waals surface area contributed by atoms with Crippen molar-refractivity contribution in [3.8, 4) is 11.3 Å². The van der Waals surface area contributed by atoms with Crippen LogP contribution >= 0.6 is 0 Å². The molecule has 0 aliphatic carbocycles. The van der Waals surface area contributed by atoms with E-state index in [1.54, 1.807) is 12.1 Å². The van der Waals surface area contributed by atoms with E-state index in [-0.39, 0.29) is 11.4 Å². The molecule has 0 aliphatic rings. The highest BCUT2D eigenvalue weighted by molar-refractivity contribution is 5.95. The minimum Gasteiger partial charge on any atom is -0.456 e. The molecular formula is C29H29NO4. The normalized spacial score (nSPS) is 11.4. The second-order valence-corrected chi connectivity index (χ2v) is 9.37. The van der Waals surface area contributed by atoms with Crippen molar-refractivity contribution in [2.75, 3.05) is 11.9 Å². The summed E-state index contributed by atoms with van der Waals surface area (Å²) in [6.45, 7) is 8.07. The fourth-order valence-electron chi connectivity index (χ4n) is 3.90. The average molecular weight is 456 g/mol. The average Bonchev–Trinajstić information content (AvgIpc) is 2.79. The Hall–Kier alpha value is -3.86. The Morgan fingerprint density at radius 2 is 1.68 bits per heavy atom. The molecule has 1 heterocycles. The Balaban J connectivity index is 1.61. The Kier molecular flexibility index (Phi) is 6.55. The molecule has 5 heteroatoms. The molecule has 0 bridgehead atoms. The van der Waals surface area contributed by atoms with E-state index in [1.165, 1.54) is 0 Å². The number of para-hydroxylation sites is 1. The van der Waals surface area contributed by atoms with Crippen LogP contribution in [-0.2, 0) is 11.2 Å². The molecule has 0 spiro atoms. The van der Waals surface area contributed by atoms with Crippen molar-refractivity contribution in [1.82, 2.24) is 0 Å². The van der Waals surface area contributed by atoms with Gasteiger partial charge in [0.2, 0.25) is 0 Å². The van der Waals surface area contributed by atoms with Gasteiger partial charge in [-0.3, -0.25) is 4.79 Å². The molecule has 174 valence electrons. The molecule has 5 nitrogen and oxygen atoms in total. The van der Waals surface area contributed by atoms with Gasteiger partial charge in [0.25, 0.3) is 0 Å². The summed E-state index contributed by atoms with van der Waals surface area (Å²) in [6, 6.07) is 22.4. The molecule has 1 aromatic heterocycles. The summed E-state index contributed by atoms with van der Waals surface area (Å²) in [7, 11) is 0. The molecule has 3 aromatic carbocycles.